The molecule has 4 rings (SSSR count). The molecule has 0 aromatic heterocycles. The Bertz CT molecular complexity index is 1170. The average Bonchev–Trinajstić information content (AvgIpc) is 2.79. The van der Waals surface area contributed by atoms with Gasteiger partial charge in [0, 0.05) is 28.4 Å². The van der Waals surface area contributed by atoms with Crippen molar-refractivity contribution >= 4 is 40.7 Å². The van der Waals surface area contributed by atoms with Gasteiger partial charge in [0.1, 0.15) is 5.82 Å². The van der Waals surface area contributed by atoms with Gasteiger partial charge >= 0.3 is 0 Å². The van der Waals surface area contributed by atoms with E-state index >= 15 is 0 Å². The number of allylic oxidation sites excluding steroid dienone is 3. The van der Waals surface area contributed by atoms with E-state index in [0.29, 0.717) is 39.7 Å². The Labute approximate surface area is 194 Å². The molecule has 1 aliphatic heterocycles. The van der Waals surface area contributed by atoms with E-state index in [1.165, 1.54) is 36.0 Å². The first-order valence-electron chi connectivity index (χ1n) is 10.1. The number of amides is 1. The van der Waals surface area contributed by atoms with Gasteiger partial charge in [-0.25, -0.2) is 4.39 Å². The van der Waals surface area contributed by atoms with Crippen LogP contribution in [0.4, 0.5) is 10.1 Å². The highest BCUT2D eigenvalue weighted by Crippen LogP contribution is 2.44. The Morgan fingerprint density at radius 2 is 1.91 bits per heavy atom. The Balaban J connectivity index is 1.60. The van der Waals surface area contributed by atoms with E-state index in [1.54, 1.807) is 12.1 Å². The number of benzene rings is 2. The van der Waals surface area contributed by atoms with Crippen LogP contribution in [0.1, 0.15) is 30.7 Å². The number of anilines is 1. The molecule has 5 nitrogen and oxygen atoms in total. The normalized spacial score (nSPS) is 18.0. The second-order valence-electron chi connectivity index (χ2n) is 7.48. The zero-order valence-corrected chi connectivity index (χ0v) is 18.5. The van der Waals surface area contributed by atoms with Crippen molar-refractivity contribution in [3.63, 3.8) is 0 Å². The number of Topliss-reactive ketones (excluding diaryl/α,β-unsaturated/α-hetero) is 1. The molecule has 1 atom stereocenters. The summed E-state index contributed by atoms with van der Waals surface area (Å²) in [7, 11) is 0. The molecule has 2 aliphatic rings. The number of ketones is 1. The number of rotatable bonds is 5. The summed E-state index contributed by atoms with van der Waals surface area (Å²) in [5.74, 6) is -1.08. The van der Waals surface area contributed by atoms with E-state index in [0.717, 1.165) is 17.7 Å². The number of hydrogen-bond donors (Lipinski definition) is 2. The Hall–Kier alpha value is -3.08. The van der Waals surface area contributed by atoms with Crippen molar-refractivity contribution in [2.45, 2.75) is 25.2 Å². The van der Waals surface area contributed by atoms with Crippen LogP contribution in [-0.2, 0) is 9.59 Å². The highest BCUT2D eigenvalue weighted by Gasteiger charge is 2.37. The van der Waals surface area contributed by atoms with Gasteiger partial charge in [-0.15, -0.1) is 0 Å². The number of carbonyl (C=O) groups excluding carboxylic acids is 2. The summed E-state index contributed by atoms with van der Waals surface area (Å²) in [5, 5.41) is 17.1. The van der Waals surface area contributed by atoms with Gasteiger partial charge in [-0.3, -0.25) is 9.59 Å². The van der Waals surface area contributed by atoms with Crippen LogP contribution in [0.5, 0.6) is 0 Å². The predicted octanol–water partition coefficient (Wildman–Crippen LogP) is 5.28. The van der Waals surface area contributed by atoms with Gasteiger partial charge in [-0.2, -0.15) is 5.26 Å². The standard InChI is InChI=1S/C24H19ClFN3O2S/c25-15-6-4-14(5-7-15)22-18(12-27)24(29-19-2-1-3-20(30)23(19)22)32-13-21(31)28-17-10-8-16(26)9-11-17/h4-11,22,29H,1-3,13H2,(H,28,31)/t22-/m1/s1. The predicted molar refractivity (Wildman–Crippen MR) is 123 cm³/mol. The summed E-state index contributed by atoms with van der Waals surface area (Å²) in [5.41, 5.74) is 3.13. The van der Waals surface area contributed by atoms with E-state index < -0.39 is 5.92 Å². The minimum absolute atomic E-state index is 0.0320. The van der Waals surface area contributed by atoms with Gasteiger partial charge < -0.3 is 10.6 Å². The van der Waals surface area contributed by atoms with Crippen LogP contribution in [0, 0.1) is 17.1 Å². The van der Waals surface area contributed by atoms with Gasteiger partial charge in [-0.05, 0) is 54.8 Å². The maximum absolute atomic E-state index is 13.1. The maximum Gasteiger partial charge on any atom is 0.234 e. The molecular formula is C24H19ClFN3O2S. The lowest BCUT2D eigenvalue weighted by Crippen LogP contribution is -2.31. The third kappa shape index (κ3) is 4.72. The molecule has 0 unspecified atom stereocenters. The molecule has 32 heavy (non-hydrogen) atoms. The number of hydrogen-bond acceptors (Lipinski definition) is 5. The summed E-state index contributed by atoms with van der Waals surface area (Å²) in [4.78, 5) is 25.2. The van der Waals surface area contributed by atoms with Gasteiger partial charge in [0.15, 0.2) is 5.78 Å². The molecular weight excluding hydrogens is 449 g/mol. The third-order valence-corrected chi connectivity index (χ3v) is 6.61. The van der Waals surface area contributed by atoms with E-state index in [4.69, 9.17) is 11.6 Å². The number of carbonyl (C=O) groups is 2. The summed E-state index contributed by atoms with van der Waals surface area (Å²) < 4.78 is 13.1. The Morgan fingerprint density at radius 3 is 2.59 bits per heavy atom. The number of nitrogens with zero attached hydrogens (tertiary/aromatic N) is 1. The van der Waals surface area contributed by atoms with Crippen LogP contribution < -0.4 is 10.6 Å². The molecule has 8 heteroatoms. The molecule has 0 spiro atoms. The molecule has 2 N–H and O–H groups in total. The van der Waals surface area contributed by atoms with Crippen molar-refractivity contribution in [1.29, 1.82) is 5.26 Å². The lowest BCUT2D eigenvalue weighted by atomic mass is 9.77. The molecule has 1 amide bonds. The highest BCUT2D eigenvalue weighted by atomic mass is 35.5. The molecule has 0 bridgehead atoms. The fraction of sp³-hybridized carbons (Fsp3) is 0.208. The van der Waals surface area contributed by atoms with Gasteiger partial charge in [0.2, 0.25) is 5.91 Å². The average molecular weight is 468 g/mol. The molecule has 2 aromatic rings. The molecule has 0 saturated carbocycles. The van der Waals surface area contributed by atoms with Crippen molar-refractivity contribution in [3.8, 4) is 6.07 Å². The fourth-order valence-electron chi connectivity index (χ4n) is 3.89. The van der Waals surface area contributed by atoms with Crippen molar-refractivity contribution in [2.75, 3.05) is 11.1 Å². The lowest BCUT2D eigenvalue weighted by Gasteiger charge is -2.33. The minimum atomic E-state index is -0.496. The molecule has 0 fully saturated rings. The van der Waals surface area contributed by atoms with Gasteiger partial charge in [0.25, 0.3) is 0 Å². The molecule has 0 radical (unpaired) electrons. The van der Waals surface area contributed by atoms with Gasteiger partial charge in [0.05, 0.1) is 28.3 Å². The fourth-order valence-corrected chi connectivity index (χ4v) is 4.88. The summed E-state index contributed by atoms with van der Waals surface area (Å²) in [6.07, 6.45) is 1.89. The van der Waals surface area contributed by atoms with Crippen LogP contribution in [0.15, 0.2) is 70.4 Å². The molecule has 1 heterocycles. The molecule has 1 aliphatic carbocycles. The SMILES string of the molecule is N#CC1=C(SCC(=O)Nc2ccc(F)cc2)NC2=C(C(=O)CCC2)[C@@H]1c1ccc(Cl)cc1. The first-order chi connectivity index (χ1) is 15.5. The smallest absolute Gasteiger partial charge is 0.234 e. The first-order valence-corrected chi connectivity index (χ1v) is 11.4. The van der Waals surface area contributed by atoms with Crippen LogP contribution in [-0.4, -0.2) is 17.4 Å². The largest absolute Gasteiger partial charge is 0.352 e. The molecule has 0 saturated heterocycles. The maximum atomic E-state index is 13.1. The number of dihydropyridines is 1. The van der Waals surface area contributed by atoms with Crippen LogP contribution in [0.25, 0.3) is 0 Å². The molecule has 2 aromatic carbocycles. The topological polar surface area (TPSA) is 82.0 Å². The zero-order valence-electron chi connectivity index (χ0n) is 17.0. The second-order valence-corrected chi connectivity index (χ2v) is 8.90. The zero-order chi connectivity index (χ0) is 22.7. The van der Waals surface area contributed by atoms with E-state index in [2.05, 4.69) is 16.7 Å². The van der Waals surface area contributed by atoms with E-state index in [9.17, 15) is 19.2 Å². The monoisotopic (exact) mass is 467 g/mol. The third-order valence-electron chi connectivity index (χ3n) is 5.34. The summed E-state index contributed by atoms with van der Waals surface area (Å²) in [6, 6.07) is 14.9. The van der Waals surface area contributed by atoms with E-state index in [1.807, 2.05) is 12.1 Å². The van der Waals surface area contributed by atoms with E-state index in [-0.39, 0.29) is 23.3 Å². The van der Waals surface area contributed by atoms with Gasteiger partial charge in [-0.1, -0.05) is 35.5 Å². The van der Waals surface area contributed by atoms with Crippen molar-refractivity contribution in [3.05, 3.63) is 86.8 Å². The number of nitriles is 1. The Kier molecular flexibility index (Phi) is 6.63. The van der Waals surface area contributed by atoms with Crippen molar-refractivity contribution < 1.29 is 14.0 Å². The van der Waals surface area contributed by atoms with Crippen molar-refractivity contribution in [2.24, 2.45) is 0 Å². The second kappa shape index (κ2) is 9.60. The Morgan fingerprint density at radius 1 is 1.19 bits per heavy atom. The lowest BCUT2D eigenvalue weighted by molar-refractivity contribution is -0.116. The number of halogens is 2. The summed E-state index contributed by atoms with van der Waals surface area (Å²) in [6.45, 7) is 0. The molecule has 162 valence electrons. The van der Waals surface area contributed by atoms with Crippen LogP contribution in [0.2, 0.25) is 5.02 Å². The first kappa shape index (κ1) is 22.1. The number of nitrogens with one attached hydrogen (secondary N) is 2. The number of thioether (sulfide) groups is 1. The quantitative estimate of drug-likeness (QED) is 0.625. The van der Waals surface area contributed by atoms with Crippen LogP contribution >= 0.6 is 23.4 Å². The van der Waals surface area contributed by atoms with Crippen molar-refractivity contribution in [1.82, 2.24) is 5.32 Å². The summed E-state index contributed by atoms with van der Waals surface area (Å²) >= 11 is 7.25. The minimum Gasteiger partial charge on any atom is -0.352 e. The highest BCUT2D eigenvalue weighted by molar-refractivity contribution is 8.03. The van der Waals surface area contributed by atoms with Crippen LogP contribution in [0.3, 0.4) is 0 Å².